The Hall–Kier alpha value is -5.86. The van der Waals surface area contributed by atoms with E-state index in [0.717, 1.165) is 44.4 Å². The van der Waals surface area contributed by atoms with Gasteiger partial charge in [0, 0.05) is 27.7 Å². The van der Waals surface area contributed by atoms with Crippen molar-refractivity contribution >= 4 is 65.6 Å². The molecule has 0 unspecified atom stereocenters. The Labute approximate surface area is 254 Å². The number of benzene rings is 8. The second-order valence-corrected chi connectivity index (χ2v) is 11.5. The lowest BCUT2D eigenvalue weighted by Crippen LogP contribution is -1.92. The molecule has 0 aliphatic rings. The maximum atomic E-state index is 6.49. The summed E-state index contributed by atoms with van der Waals surface area (Å²) in [4.78, 5) is 0. The van der Waals surface area contributed by atoms with Gasteiger partial charge in [-0.15, -0.1) is 0 Å². The smallest absolute Gasteiger partial charge is 0.143 e. The largest absolute Gasteiger partial charge is 0.455 e. The molecule has 0 atom stereocenters. The molecule has 2 heteroatoms. The third-order valence-corrected chi connectivity index (χ3v) is 8.81. The molecule has 0 radical (unpaired) electrons. The molecule has 206 valence electrons. The summed E-state index contributed by atoms with van der Waals surface area (Å²) in [5.41, 5.74) is 8.52. The minimum absolute atomic E-state index is 0.897. The SMILES string of the molecule is c1ccc2c(-c3cc(Nc4ccc(-c5ccc6ccc7ccccc7c6c5)cc4)cc4c3oc3ccccc34)cccc2c1. The Balaban J connectivity index is 1.13. The van der Waals surface area contributed by atoms with Crippen LogP contribution in [0.15, 0.2) is 162 Å². The van der Waals surface area contributed by atoms with Crippen LogP contribution >= 0.6 is 0 Å². The number of hydrogen-bond acceptors (Lipinski definition) is 2. The second kappa shape index (κ2) is 9.86. The highest BCUT2D eigenvalue weighted by molar-refractivity contribution is 6.14. The van der Waals surface area contributed by atoms with E-state index in [2.05, 4.69) is 151 Å². The molecule has 0 saturated carbocycles. The minimum atomic E-state index is 0.897. The van der Waals surface area contributed by atoms with Crippen LogP contribution in [0.3, 0.4) is 0 Å². The summed E-state index contributed by atoms with van der Waals surface area (Å²) in [6, 6.07) is 56.2. The van der Waals surface area contributed by atoms with Gasteiger partial charge >= 0.3 is 0 Å². The zero-order chi connectivity index (χ0) is 29.0. The van der Waals surface area contributed by atoms with Crippen molar-refractivity contribution in [3.63, 3.8) is 0 Å². The molecule has 0 bridgehead atoms. The Morgan fingerprint density at radius 2 is 1.00 bits per heavy atom. The quantitative estimate of drug-likeness (QED) is 0.216. The number of nitrogens with one attached hydrogen (secondary N) is 1. The zero-order valence-electron chi connectivity index (χ0n) is 23.9. The van der Waals surface area contributed by atoms with Crippen molar-refractivity contribution in [1.29, 1.82) is 0 Å². The first-order valence-electron chi connectivity index (χ1n) is 15.0. The zero-order valence-corrected chi connectivity index (χ0v) is 23.9. The Bertz CT molecular complexity index is 2520. The van der Waals surface area contributed by atoms with E-state index >= 15 is 0 Å². The van der Waals surface area contributed by atoms with Gasteiger partial charge in [0.1, 0.15) is 11.2 Å². The molecule has 9 aromatic rings. The molecule has 0 fully saturated rings. The summed E-state index contributed by atoms with van der Waals surface area (Å²) in [5, 5.41) is 13.4. The highest BCUT2D eigenvalue weighted by Gasteiger charge is 2.16. The molecule has 0 aliphatic carbocycles. The van der Waals surface area contributed by atoms with E-state index in [1.165, 1.54) is 43.4 Å². The van der Waals surface area contributed by atoms with Gasteiger partial charge in [-0.05, 0) is 85.4 Å². The van der Waals surface area contributed by atoms with Gasteiger partial charge in [0.25, 0.3) is 0 Å². The van der Waals surface area contributed by atoms with E-state index in [1.807, 2.05) is 12.1 Å². The first kappa shape index (κ1) is 24.7. The number of fused-ring (bicyclic) bond motifs is 7. The van der Waals surface area contributed by atoms with Crippen LogP contribution in [0.4, 0.5) is 11.4 Å². The van der Waals surface area contributed by atoms with Crippen molar-refractivity contribution in [2.24, 2.45) is 0 Å². The van der Waals surface area contributed by atoms with E-state index in [9.17, 15) is 0 Å². The average molecular weight is 562 g/mol. The fourth-order valence-corrected chi connectivity index (χ4v) is 6.65. The summed E-state index contributed by atoms with van der Waals surface area (Å²) in [5.74, 6) is 0. The molecule has 8 aromatic carbocycles. The predicted molar refractivity (Wildman–Crippen MR) is 187 cm³/mol. The second-order valence-electron chi connectivity index (χ2n) is 11.5. The lowest BCUT2D eigenvalue weighted by Gasteiger charge is -2.13. The van der Waals surface area contributed by atoms with Crippen LogP contribution in [0.2, 0.25) is 0 Å². The summed E-state index contributed by atoms with van der Waals surface area (Å²) in [6.45, 7) is 0. The standard InChI is InChI=1S/C42H27NO/c1-3-11-34-28(8-1)10-7-14-36(34)39-25-33(26-40-37-13-5-6-15-41(37)44-42(39)40)43-32-22-20-27(21-23-32)31-19-18-30-17-16-29-9-2-4-12-35(29)38(30)24-31/h1-26,43H. The van der Waals surface area contributed by atoms with E-state index < -0.39 is 0 Å². The van der Waals surface area contributed by atoms with Crippen molar-refractivity contribution in [3.8, 4) is 22.3 Å². The van der Waals surface area contributed by atoms with Gasteiger partial charge < -0.3 is 9.73 Å². The van der Waals surface area contributed by atoms with E-state index in [4.69, 9.17) is 4.42 Å². The Kier molecular flexibility index (Phi) is 5.54. The Morgan fingerprint density at radius 1 is 0.364 bits per heavy atom. The molecule has 2 nitrogen and oxygen atoms in total. The molecule has 0 spiro atoms. The van der Waals surface area contributed by atoms with Crippen molar-refractivity contribution < 1.29 is 4.42 Å². The van der Waals surface area contributed by atoms with Crippen LogP contribution in [-0.4, -0.2) is 0 Å². The molecule has 0 saturated heterocycles. The monoisotopic (exact) mass is 561 g/mol. The molecule has 0 amide bonds. The average Bonchev–Trinajstić information content (AvgIpc) is 3.46. The summed E-state index contributed by atoms with van der Waals surface area (Å²) in [7, 11) is 0. The number of rotatable bonds is 4. The van der Waals surface area contributed by atoms with Gasteiger partial charge in [0.05, 0.1) is 0 Å². The van der Waals surface area contributed by atoms with E-state index in [-0.39, 0.29) is 0 Å². The van der Waals surface area contributed by atoms with Crippen molar-refractivity contribution in [3.05, 3.63) is 158 Å². The third kappa shape index (κ3) is 4.04. The topological polar surface area (TPSA) is 25.2 Å². The molecule has 1 N–H and O–H groups in total. The molecule has 44 heavy (non-hydrogen) atoms. The maximum absolute atomic E-state index is 6.49. The van der Waals surface area contributed by atoms with Gasteiger partial charge in [-0.25, -0.2) is 0 Å². The van der Waals surface area contributed by atoms with Crippen LogP contribution in [-0.2, 0) is 0 Å². The van der Waals surface area contributed by atoms with Crippen LogP contribution < -0.4 is 5.32 Å². The highest BCUT2D eigenvalue weighted by Crippen LogP contribution is 2.41. The molecule has 1 heterocycles. The number of furan rings is 1. The van der Waals surface area contributed by atoms with Gasteiger partial charge in [-0.1, -0.05) is 121 Å². The number of para-hydroxylation sites is 1. The highest BCUT2D eigenvalue weighted by atomic mass is 16.3. The lowest BCUT2D eigenvalue weighted by molar-refractivity contribution is 0.670. The summed E-state index contributed by atoms with van der Waals surface area (Å²) in [6.07, 6.45) is 0. The molecule has 0 aliphatic heterocycles. The van der Waals surface area contributed by atoms with Crippen molar-refractivity contribution in [2.75, 3.05) is 5.32 Å². The first-order valence-corrected chi connectivity index (χ1v) is 15.0. The fourth-order valence-electron chi connectivity index (χ4n) is 6.65. The van der Waals surface area contributed by atoms with Gasteiger partial charge in [0.2, 0.25) is 0 Å². The van der Waals surface area contributed by atoms with Crippen molar-refractivity contribution in [2.45, 2.75) is 0 Å². The fraction of sp³-hybridized carbons (Fsp3) is 0. The normalized spacial score (nSPS) is 11.6. The van der Waals surface area contributed by atoms with Gasteiger partial charge in [0.15, 0.2) is 0 Å². The lowest BCUT2D eigenvalue weighted by atomic mass is 9.96. The summed E-state index contributed by atoms with van der Waals surface area (Å²) >= 11 is 0. The Morgan fingerprint density at radius 3 is 1.84 bits per heavy atom. The third-order valence-electron chi connectivity index (χ3n) is 8.81. The van der Waals surface area contributed by atoms with Crippen LogP contribution in [0.25, 0.3) is 76.5 Å². The van der Waals surface area contributed by atoms with Crippen LogP contribution in [0.1, 0.15) is 0 Å². The first-order chi connectivity index (χ1) is 21.8. The molecule has 9 rings (SSSR count). The van der Waals surface area contributed by atoms with Crippen molar-refractivity contribution in [1.82, 2.24) is 0 Å². The maximum Gasteiger partial charge on any atom is 0.143 e. The predicted octanol–water partition coefficient (Wildman–Crippen LogP) is 12.1. The van der Waals surface area contributed by atoms with Crippen LogP contribution in [0, 0.1) is 0 Å². The number of hydrogen-bond donors (Lipinski definition) is 1. The minimum Gasteiger partial charge on any atom is -0.455 e. The van der Waals surface area contributed by atoms with E-state index in [1.54, 1.807) is 0 Å². The van der Waals surface area contributed by atoms with Gasteiger partial charge in [-0.3, -0.25) is 0 Å². The van der Waals surface area contributed by atoms with Crippen LogP contribution in [0.5, 0.6) is 0 Å². The number of anilines is 2. The molecular weight excluding hydrogens is 534 g/mol. The van der Waals surface area contributed by atoms with E-state index in [0.29, 0.717) is 0 Å². The molecular formula is C42H27NO. The summed E-state index contributed by atoms with van der Waals surface area (Å²) < 4.78 is 6.49. The molecule has 1 aromatic heterocycles. The van der Waals surface area contributed by atoms with Gasteiger partial charge in [-0.2, -0.15) is 0 Å².